The molecule has 1 unspecified atom stereocenters. The fourth-order valence-corrected chi connectivity index (χ4v) is 2.67. The van der Waals surface area contributed by atoms with Crippen molar-refractivity contribution in [1.82, 2.24) is 4.90 Å². The van der Waals surface area contributed by atoms with Gasteiger partial charge in [0.1, 0.15) is 5.00 Å². The lowest BCUT2D eigenvalue weighted by atomic mass is 10.1. The minimum absolute atomic E-state index is 0.107. The van der Waals surface area contributed by atoms with E-state index in [0.717, 1.165) is 11.3 Å². The summed E-state index contributed by atoms with van der Waals surface area (Å²) < 4.78 is 0. The molecule has 0 aromatic carbocycles. The number of aryl methyl sites for hydroxylation is 1. The Kier molecular flexibility index (Phi) is 4.94. The molecule has 0 fully saturated rings. The molecule has 0 saturated heterocycles. The second-order valence-electron chi connectivity index (χ2n) is 4.59. The number of nitrogens with one attached hydrogen (secondary N) is 1. The Balaban J connectivity index is 2.97. The van der Waals surface area contributed by atoms with Gasteiger partial charge in [0.2, 0.25) is 0 Å². The molecule has 106 valence electrons. The highest BCUT2D eigenvalue weighted by molar-refractivity contribution is 7.16. The van der Waals surface area contributed by atoms with E-state index in [4.69, 9.17) is 0 Å². The summed E-state index contributed by atoms with van der Waals surface area (Å²) in [5.74, 6) is -1.01. The van der Waals surface area contributed by atoms with E-state index >= 15 is 0 Å². The van der Waals surface area contributed by atoms with E-state index in [9.17, 15) is 14.7 Å². The van der Waals surface area contributed by atoms with Gasteiger partial charge in [-0.15, -0.1) is 11.3 Å². The molecule has 0 spiro atoms. The van der Waals surface area contributed by atoms with E-state index in [2.05, 4.69) is 5.32 Å². The highest BCUT2D eigenvalue weighted by Gasteiger charge is 2.22. The number of urea groups is 1. The van der Waals surface area contributed by atoms with Crippen LogP contribution in [0.1, 0.15) is 41.1 Å². The van der Waals surface area contributed by atoms with Gasteiger partial charge in [-0.2, -0.15) is 0 Å². The number of hydrogen-bond acceptors (Lipinski definition) is 3. The van der Waals surface area contributed by atoms with Crippen LogP contribution in [0.5, 0.6) is 0 Å². The maximum atomic E-state index is 12.0. The summed E-state index contributed by atoms with van der Waals surface area (Å²) in [5, 5.41) is 12.3. The van der Waals surface area contributed by atoms with Crippen LogP contribution < -0.4 is 5.32 Å². The minimum atomic E-state index is -1.01. The SMILES string of the molecule is CCC(C)N(C)C(=O)Nc1sc(C)c(C)c1C(=O)O. The average Bonchev–Trinajstić information content (AvgIpc) is 2.62. The number of carboxylic acid groups (broad SMARTS) is 1. The first-order valence-electron chi connectivity index (χ1n) is 6.16. The normalized spacial score (nSPS) is 12.1. The third-order valence-corrected chi connectivity index (χ3v) is 4.51. The van der Waals surface area contributed by atoms with Crippen LogP contribution in [0.15, 0.2) is 0 Å². The Hall–Kier alpha value is -1.56. The first kappa shape index (κ1) is 15.5. The quantitative estimate of drug-likeness (QED) is 0.891. The number of carbonyl (C=O) groups excluding carboxylic acids is 1. The van der Waals surface area contributed by atoms with E-state index in [-0.39, 0.29) is 17.6 Å². The van der Waals surface area contributed by atoms with Crippen LogP contribution in [-0.2, 0) is 0 Å². The first-order valence-corrected chi connectivity index (χ1v) is 6.98. The van der Waals surface area contributed by atoms with Crippen molar-refractivity contribution in [2.45, 2.75) is 40.2 Å². The third-order valence-electron chi connectivity index (χ3n) is 3.39. The zero-order valence-electron chi connectivity index (χ0n) is 11.9. The zero-order chi connectivity index (χ0) is 14.7. The highest BCUT2D eigenvalue weighted by Crippen LogP contribution is 2.32. The number of carbonyl (C=O) groups is 2. The fraction of sp³-hybridized carbons (Fsp3) is 0.538. The molecule has 0 aliphatic heterocycles. The molecular weight excluding hydrogens is 264 g/mol. The van der Waals surface area contributed by atoms with Gasteiger partial charge in [0.05, 0.1) is 5.56 Å². The smallest absolute Gasteiger partial charge is 0.338 e. The van der Waals surface area contributed by atoms with Crippen LogP contribution in [0.2, 0.25) is 0 Å². The Bertz CT molecular complexity index is 496. The summed E-state index contributed by atoms with van der Waals surface area (Å²) in [6, 6.07) is -0.173. The summed E-state index contributed by atoms with van der Waals surface area (Å²) in [6.45, 7) is 7.54. The Morgan fingerprint density at radius 3 is 2.47 bits per heavy atom. The molecule has 6 heteroatoms. The molecule has 19 heavy (non-hydrogen) atoms. The maximum Gasteiger partial charge on any atom is 0.338 e. The fourth-order valence-electron chi connectivity index (χ4n) is 1.63. The van der Waals surface area contributed by atoms with Crippen molar-refractivity contribution >= 4 is 28.3 Å². The van der Waals surface area contributed by atoms with Crippen LogP contribution in [0.3, 0.4) is 0 Å². The second-order valence-corrected chi connectivity index (χ2v) is 5.82. The lowest BCUT2D eigenvalue weighted by Crippen LogP contribution is -2.37. The Morgan fingerprint density at radius 2 is 2.00 bits per heavy atom. The van der Waals surface area contributed by atoms with Crippen LogP contribution in [0, 0.1) is 13.8 Å². The van der Waals surface area contributed by atoms with Gasteiger partial charge in [-0.3, -0.25) is 5.32 Å². The predicted molar refractivity (Wildman–Crippen MR) is 77.3 cm³/mol. The molecule has 1 aromatic heterocycles. The lowest BCUT2D eigenvalue weighted by molar-refractivity contribution is 0.0697. The zero-order valence-corrected chi connectivity index (χ0v) is 12.7. The van der Waals surface area contributed by atoms with Crippen molar-refractivity contribution in [3.63, 3.8) is 0 Å². The predicted octanol–water partition coefficient (Wildman–Crippen LogP) is 3.33. The molecule has 0 radical (unpaired) electrons. The van der Waals surface area contributed by atoms with Gasteiger partial charge >= 0.3 is 12.0 Å². The van der Waals surface area contributed by atoms with E-state index in [1.807, 2.05) is 20.8 Å². The second kappa shape index (κ2) is 6.06. The summed E-state index contributed by atoms with van der Waals surface area (Å²) in [4.78, 5) is 25.8. The van der Waals surface area contributed by atoms with E-state index in [0.29, 0.717) is 10.6 Å². The molecule has 1 rings (SSSR count). The highest BCUT2D eigenvalue weighted by atomic mass is 32.1. The van der Waals surface area contributed by atoms with Gasteiger partial charge in [-0.1, -0.05) is 6.92 Å². The number of rotatable bonds is 4. The molecule has 2 N–H and O–H groups in total. The molecule has 0 saturated carbocycles. The Labute approximate surface area is 117 Å². The van der Waals surface area contributed by atoms with Crippen molar-refractivity contribution in [2.75, 3.05) is 12.4 Å². The largest absolute Gasteiger partial charge is 0.478 e. The average molecular weight is 284 g/mol. The van der Waals surface area contributed by atoms with Crippen molar-refractivity contribution in [2.24, 2.45) is 0 Å². The molecule has 5 nitrogen and oxygen atoms in total. The van der Waals surface area contributed by atoms with Crippen LogP contribution in [0.4, 0.5) is 9.80 Å². The van der Waals surface area contributed by atoms with Gasteiger partial charge in [-0.25, -0.2) is 9.59 Å². The van der Waals surface area contributed by atoms with Crippen LogP contribution in [0.25, 0.3) is 0 Å². The monoisotopic (exact) mass is 284 g/mol. The van der Waals surface area contributed by atoms with Gasteiger partial charge in [0.25, 0.3) is 0 Å². The third kappa shape index (κ3) is 3.26. The Morgan fingerprint density at radius 1 is 1.42 bits per heavy atom. The van der Waals surface area contributed by atoms with E-state index < -0.39 is 5.97 Å². The van der Waals surface area contributed by atoms with Crippen molar-refractivity contribution in [3.05, 3.63) is 16.0 Å². The molecule has 1 atom stereocenters. The topological polar surface area (TPSA) is 69.6 Å². The number of aromatic carboxylic acids is 1. The van der Waals surface area contributed by atoms with Crippen molar-refractivity contribution in [3.8, 4) is 0 Å². The molecular formula is C13H20N2O3S. The number of carboxylic acids is 1. The van der Waals surface area contributed by atoms with Gasteiger partial charge in [0.15, 0.2) is 0 Å². The summed E-state index contributed by atoms with van der Waals surface area (Å²) in [6.07, 6.45) is 0.845. The van der Waals surface area contributed by atoms with E-state index in [1.54, 1.807) is 18.9 Å². The van der Waals surface area contributed by atoms with Crippen LogP contribution >= 0.6 is 11.3 Å². The molecule has 0 aliphatic rings. The summed E-state index contributed by atoms with van der Waals surface area (Å²) in [5.41, 5.74) is 0.896. The molecule has 1 heterocycles. The van der Waals surface area contributed by atoms with Gasteiger partial charge in [-0.05, 0) is 32.8 Å². The number of nitrogens with zero attached hydrogens (tertiary/aromatic N) is 1. The van der Waals surface area contributed by atoms with Gasteiger partial charge < -0.3 is 10.0 Å². The number of hydrogen-bond donors (Lipinski definition) is 2. The van der Waals surface area contributed by atoms with Crippen molar-refractivity contribution < 1.29 is 14.7 Å². The number of anilines is 1. The molecule has 0 aliphatic carbocycles. The summed E-state index contributed by atoms with van der Waals surface area (Å²) >= 11 is 1.29. The van der Waals surface area contributed by atoms with E-state index in [1.165, 1.54) is 11.3 Å². The number of thiophene rings is 1. The first-order chi connectivity index (χ1) is 8.79. The molecule has 1 aromatic rings. The van der Waals surface area contributed by atoms with Crippen molar-refractivity contribution in [1.29, 1.82) is 0 Å². The van der Waals surface area contributed by atoms with Gasteiger partial charge in [0, 0.05) is 18.0 Å². The number of amides is 2. The van der Waals surface area contributed by atoms with Crippen LogP contribution in [-0.4, -0.2) is 35.1 Å². The minimum Gasteiger partial charge on any atom is -0.478 e. The standard InChI is InChI=1S/C13H20N2O3S/c1-6-7(2)15(5)13(18)14-11-10(12(16)17)8(3)9(4)19-11/h7H,6H2,1-5H3,(H,14,18)(H,16,17). The molecule has 2 amide bonds. The summed E-state index contributed by atoms with van der Waals surface area (Å²) in [7, 11) is 1.71. The maximum absolute atomic E-state index is 12.0. The lowest BCUT2D eigenvalue weighted by Gasteiger charge is -2.23. The molecule has 0 bridgehead atoms.